The maximum atomic E-state index is 11.3. The summed E-state index contributed by atoms with van der Waals surface area (Å²) in [5.74, 6) is 0. The van der Waals surface area contributed by atoms with E-state index in [9.17, 15) is 18.1 Å². The monoisotopic (exact) mass is 402 g/mol. The zero-order chi connectivity index (χ0) is 18.3. The maximum absolute atomic E-state index is 11.3. The standard InChI is InChI=1S/C19H40O4S.K/c1-3-5-6-7-8-9-10-11-12-13-14-16-19(24(21,22)23)17-18(20)15-4-2;/h18-20H,3-17H2,1-2H3,(H,21,22,23);/q;+1/p-1. The molecule has 0 rings (SSSR count). The quantitative estimate of drug-likeness (QED) is 0.230. The molecule has 0 bridgehead atoms. The van der Waals surface area contributed by atoms with Gasteiger partial charge in [0.25, 0.3) is 0 Å². The number of aliphatic hydroxyl groups is 1. The molecule has 25 heavy (non-hydrogen) atoms. The summed E-state index contributed by atoms with van der Waals surface area (Å²) in [6.45, 7) is 4.17. The Hall–Kier alpha value is 1.51. The van der Waals surface area contributed by atoms with Gasteiger partial charge < -0.3 is 9.66 Å². The minimum atomic E-state index is -4.30. The third kappa shape index (κ3) is 18.6. The van der Waals surface area contributed by atoms with E-state index in [0.717, 1.165) is 25.7 Å². The van der Waals surface area contributed by atoms with Crippen LogP contribution in [-0.2, 0) is 10.1 Å². The summed E-state index contributed by atoms with van der Waals surface area (Å²) in [5.41, 5.74) is 0. The van der Waals surface area contributed by atoms with E-state index in [1.54, 1.807) is 0 Å². The van der Waals surface area contributed by atoms with Crippen molar-refractivity contribution in [3.63, 3.8) is 0 Å². The van der Waals surface area contributed by atoms with Crippen LogP contribution in [-0.4, -0.2) is 29.4 Å². The van der Waals surface area contributed by atoms with Gasteiger partial charge in [-0.05, 0) is 19.3 Å². The zero-order valence-electron chi connectivity index (χ0n) is 16.8. The van der Waals surface area contributed by atoms with Crippen molar-refractivity contribution in [3.8, 4) is 0 Å². The summed E-state index contributed by atoms with van der Waals surface area (Å²) < 4.78 is 34.0. The predicted octanol–water partition coefficient (Wildman–Crippen LogP) is 2.16. The van der Waals surface area contributed by atoms with Crippen LogP contribution in [0.3, 0.4) is 0 Å². The largest absolute Gasteiger partial charge is 1.00 e. The molecular weight excluding hydrogens is 363 g/mol. The molecule has 4 nitrogen and oxygen atoms in total. The molecule has 0 radical (unpaired) electrons. The molecule has 0 amide bonds. The molecule has 6 heteroatoms. The van der Waals surface area contributed by atoms with E-state index in [1.807, 2.05) is 6.92 Å². The molecule has 0 fully saturated rings. The van der Waals surface area contributed by atoms with Gasteiger partial charge in [-0.2, -0.15) is 0 Å². The molecular formula is C19H39KO4S. The molecule has 146 valence electrons. The number of aliphatic hydroxyl groups excluding tert-OH is 1. The minimum Gasteiger partial charge on any atom is -0.748 e. The van der Waals surface area contributed by atoms with Crippen LogP contribution >= 0.6 is 0 Å². The number of hydrogen-bond donors (Lipinski definition) is 1. The molecule has 2 atom stereocenters. The van der Waals surface area contributed by atoms with E-state index in [-0.39, 0.29) is 57.8 Å². The van der Waals surface area contributed by atoms with Gasteiger partial charge in [0.15, 0.2) is 0 Å². The average Bonchev–Trinajstić information content (AvgIpc) is 2.50. The summed E-state index contributed by atoms with van der Waals surface area (Å²) in [6.07, 6.45) is 14.4. The molecule has 0 aromatic rings. The van der Waals surface area contributed by atoms with Gasteiger partial charge in [-0.25, -0.2) is 8.42 Å². The van der Waals surface area contributed by atoms with Gasteiger partial charge >= 0.3 is 51.4 Å². The molecule has 2 unspecified atom stereocenters. The number of rotatable bonds is 17. The first-order valence-electron chi connectivity index (χ1n) is 10.0. The van der Waals surface area contributed by atoms with Crippen LogP contribution in [0.2, 0.25) is 0 Å². The van der Waals surface area contributed by atoms with Crippen molar-refractivity contribution in [1.29, 1.82) is 0 Å². The van der Waals surface area contributed by atoms with E-state index in [1.165, 1.54) is 51.4 Å². The summed E-state index contributed by atoms with van der Waals surface area (Å²) in [5, 5.41) is 8.84. The maximum Gasteiger partial charge on any atom is 1.00 e. The van der Waals surface area contributed by atoms with Crippen molar-refractivity contribution in [2.75, 3.05) is 0 Å². The van der Waals surface area contributed by atoms with Crippen molar-refractivity contribution in [1.82, 2.24) is 0 Å². The first-order chi connectivity index (χ1) is 11.4. The van der Waals surface area contributed by atoms with Gasteiger partial charge in [-0.3, -0.25) is 0 Å². The zero-order valence-corrected chi connectivity index (χ0v) is 20.8. The molecule has 0 aliphatic carbocycles. The van der Waals surface area contributed by atoms with Crippen LogP contribution in [0.4, 0.5) is 0 Å². The molecule has 0 saturated carbocycles. The molecule has 0 aromatic carbocycles. The Labute approximate surface area is 199 Å². The molecule has 0 spiro atoms. The van der Waals surface area contributed by atoms with Crippen molar-refractivity contribution in [3.05, 3.63) is 0 Å². The predicted molar refractivity (Wildman–Crippen MR) is 100 cm³/mol. The normalized spacial score (nSPS) is 14.1. The van der Waals surface area contributed by atoms with E-state index in [0.29, 0.717) is 12.8 Å². The third-order valence-corrected chi connectivity index (χ3v) is 5.94. The molecule has 0 aliphatic heterocycles. The molecule has 0 heterocycles. The van der Waals surface area contributed by atoms with E-state index in [4.69, 9.17) is 0 Å². The van der Waals surface area contributed by atoms with E-state index < -0.39 is 21.5 Å². The van der Waals surface area contributed by atoms with Crippen molar-refractivity contribution in [2.24, 2.45) is 0 Å². The topological polar surface area (TPSA) is 77.4 Å². The fraction of sp³-hybridized carbons (Fsp3) is 1.00. The van der Waals surface area contributed by atoms with Gasteiger partial charge in [-0.15, -0.1) is 0 Å². The molecule has 1 N–H and O–H groups in total. The van der Waals surface area contributed by atoms with Gasteiger partial charge in [0.05, 0.1) is 21.5 Å². The van der Waals surface area contributed by atoms with Crippen LogP contribution in [0.15, 0.2) is 0 Å². The smallest absolute Gasteiger partial charge is 0.748 e. The SMILES string of the molecule is CCCCCCCCCCCCCC(CC(O)CCC)S(=O)(=O)[O-].[K+]. The van der Waals surface area contributed by atoms with Gasteiger partial charge in [0.1, 0.15) is 0 Å². The van der Waals surface area contributed by atoms with Gasteiger partial charge in [-0.1, -0.05) is 90.9 Å². The third-order valence-electron chi connectivity index (χ3n) is 4.69. The van der Waals surface area contributed by atoms with Crippen LogP contribution in [0, 0.1) is 0 Å². The van der Waals surface area contributed by atoms with Gasteiger partial charge in [0, 0.05) is 0 Å². The molecule has 0 aliphatic rings. The Bertz CT molecular complexity index is 374. The van der Waals surface area contributed by atoms with E-state index in [2.05, 4.69) is 6.92 Å². The summed E-state index contributed by atoms with van der Waals surface area (Å²) in [7, 11) is -4.30. The summed E-state index contributed by atoms with van der Waals surface area (Å²) in [4.78, 5) is 0. The first-order valence-corrected chi connectivity index (χ1v) is 11.5. The Kier molecular flexibility index (Phi) is 21.7. The fourth-order valence-corrected chi connectivity index (χ4v) is 4.08. The Balaban J connectivity index is 0. The van der Waals surface area contributed by atoms with Crippen LogP contribution in [0.1, 0.15) is 110 Å². The summed E-state index contributed by atoms with van der Waals surface area (Å²) >= 11 is 0. The van der Waals surface area contributed by atoms with Crippen molar-refractivity contribution in [2.45, 2.75) is 122 Å². The number of hydrogen-bond acceptors (Lipinski definition) is 4. The van der Waals surface area contributed by atoms with Gasteiger partial charge in [0.2, 0.25) is 0 Å². The number of unbranched alkanes of at least 4 members (excludes halogenated alkanes) is 10. The molecule has 0 saturated heterocycles. The van der Waals surface area contributed by atoms with Crippen LogP contribution in [0.25, 0.3) is 0 Å². The van der Waals surface area contributed by atoms with Crippen molar-refractivity contribution < 1.29 is 69.5 Å². The Morgan fingerprint density at radius 3 is 1.60 bits per heavy atom. The van der Waals surface area contributed by atoms with E-state index >= 15 is 0 Å². The Morgan fingerprint density at radius 1 is 0.760 bits per heavy atom. The fourth-order valence-electron chi connectivity index (χ4n) is 3.17. The first kappa shape index (κ1) is 28.7. The second kappa shape index (κ2) is 18.9. The summed E-state index contributed by atoms with van der Waals surface area (Å²) in [6, 6.07) is 0. The van der Waals surface area contributed by atoms with Crippen molar-refractivity contribution >= 4 is 10.1 Å². The minimum absolute atomic E-state index is 0. The van der Waals surface area contributed by atoms with Crippen LogP contribution in [0.5, 0.6) is 0 Å². The average molecular weight is 403 g/mol. The molecule has 0 aromatic heterocycles. The Morgan fingerprint density at radius 2 is 1.20 bits per heavy atom. The van der Waals surface area contributed by atoms with Crippen LogP contribution < -0.4 is 51.4 Å². The second-order valence-corrected chi connectivity index (χ2v) is 8.77. The second-order valence-electron chi connectivity index (χ2n) is 7.12.